The fraction of sp³-hybridized carbons (Fsp3) is 0.346. The van der Waals surface area contributed by atoms with Gasteiger partial charge in [-0.05, 0) is 19.9 Å². The molecule has 3 aromatic heterocycles. The van der Waals surface area contributed by atoms with Gasteiger partial charge in [0.15, 0.2) is 23.6 Å². The first-order valence-corrected chi connectivity index (χ1v) is 15.4. The highest BCUT2D eigenvalue weighted by Gasteiger charge is 2.53. The van der Waals surface area contributed by atoms with Gasteiger partial charge in [0.25, 0.3) is 11.8 Å². The fourth-order valence-electron chi connectivity index (χ4n) is 4.86. The molecule has 44 heavy (non-hydrogen) atoms. The van der Waals surface area contributed by atoms with Gasteiger partial charge in [0.2, 0.25) is 11.6 Å². The zero-order valence-electron chi connectivity index (χ0n) is 23.3. The highest BCUT2D eigenvalue weighted by atomic mass is 35.5. The molecule has 1 fully saturated rings. The third kappa shape index (κ3) is 5.95. The molecule has 0 aliphatic carbocycles. The van der Waals surface area contributed by atoms with Crippen molar-refractivity contribution in [3.63, 3.8) is 0 Å². The number of nitrogen functional groups attached to an aromatic ring is 1. The molecule has 2 aliphatic heterocycles. The van der Waals surface area contributed by atoms with Crippen LogP contribution in [0.5, 0.6) is 0 Å². The number of thioether (sulfide) groups is 1. The maximum Gasteiger partial charge on any atom is 0.347 e. The Hall–Kier alpha value is -4.19. The number of β-lactam (4-membered cyclic amide) rings is 1. The van der Waals surface area contributed by atoms with Crippen molar-refractivity contribution in [2.45, 2.75) is 50.5 Å². The van der Waals surface area contributed by atoms with Crippen molar-refractivity contribution in [3.05, 3.63) is 51.9 Å². The van der Waals surface area contributed by atoms with Crippen LogP contribution in [0.15, 0.2) is 47.0 Å². The molecule has 4 atom stereocenters. The molecular weight excluding hydrogens is 636 g/mol. The molecule has 2 amide bonds. The minimum Gasteiger partial charge on any atom is -0.543 e. The molecule has 1 unspecified atom stereocenters. The molecule has 0 radical (unpaired) electrons. The van der Waals surface area contributed by atoms with Crippen LogP contribution in [0.25, 0.3) is 11.0 Å². The van der Waals surface area contributed by atoms with Gasteiger partial charge in [-0.1, -0.05) is 28.1 Å². The van der Waals surface area contributed by atoms with E-state index in [1.807, 2.05) is 46.7 Å². The van der Waals surface area contributed by atoms with Crippen LogP contribution in [0.3, 0.4) is 0 Å². The lowest BCUT2D eigenvalue weighted by Crippen LogP contribution is -2.71. The summed E-state index contributed by atoms with van der Waals surface area (Å²) in [4.78, 5) is 60.1. The molecule has 1 saturated heterocycles. The maximum atomic E-state index is 13.3. The Morgan fingerprint density at radius 3 is 2.75 bits per heavy atom. The molecule has 6 N–H and O–H groups in total. The number of carbonyl (C=O) groups excluding carboxylic acids is 3. The first kappa shape index (κ1) is 31.2. The van der Waals surface area contributed by atoms with Crippen LogP contribution in [0.4, 0.5) is 5.13 Å². The average Bonchev–Trinajstić information content (AvgIpc) is 3.52. The van der Waals surface area contributed by atoms with Crippen LogP contribution < -0.4 is 26.5 Å². The van der Waals surface area contributed by atoms with Gasteiger partial charge in [0.1, 0.15) is 27.0 Å². The number of thiazole rings is 1. The van der Waals surface area contributed by atoms with Crippen LogP contribution in [0, 0.1) is 0 Å². The number of amides is 2. The topological polar surface area (TPSA) is 222 Å². The third-order valence-electron chi connectivity index (χ3n) is 6.88. The Bertz CT molecular complexity index is 1740. The molecule has 0 bridgehead atoms. The summed E-state index contributed by atoms with van der Waals surface area (Å²) in [6.07, 6.45) is 2.32. The fourth-order valence-corrected chi connectivity index (χ4v) is 7.13. The first-order valence-electron chi connectivity index (χ1n) is 13.2. The minimum atomic E-state index is -1.52. The molecule has 5 heterocycles. The lowest BCUT2D eigenvalue weighted by Gasteiger charge is -2.50. The van der Waals surface area contributed by atoms with E-state index in [0.29, 0.717) is 12.1 Å². The number of pyridine rings is 1. The molecule has 232 valence electrons. The smallest absolute Gasteiger partial charge is 0.347 e. The van der Waals surface area contributed by atoms with Gasteiger partial charge in [-0.15, -0.1) is 11.8 Å². The average molecular weight is 663 g/mol. The van der Waals surface area contributed by atoms with E-state index < -0.39 is 47.0 Å². The number of carboxylic acids is 2. The number of nitrogens with one attached hydrogen (secondary N) is 1. The van der Waals surface area contributed by atoms with Gasteiger partial charge in [0.05, 0.1) is 11.7 Å². The van der Waals surface area contributed by atoms with Crippen molar-refractivity contribution in [1.82, 2.24) is 19.8 Å². The number of hydrogen-bond acceptors (Lipinski definition) is 12. The van der Waals surface area contributed by atoms with Crippen LogP contribution in [-0.4, -0.2) is 78.3 Å². The van der Waals surface area contributed by atoms with E-state index in [9.17, 15) is 24.3 Å². The van der Waals surface area contributed by atoms with Gasteiger partial charge < -0.3 is 41.2 Å². The van der Waals surface area contributed by atoms with Crippen molar-refractivity contribution < 1.29 is 38.8 Å². The van der Waals surface area contributed by atoms with E-state index in [0.717, 1.165) is 27.3 Å². The molecule has 0 aromatic carbocycles. The summed E-state index contributed by atoms with van der Waals surface area (Å²) in [7, 11) is 0. The first-order chi connectivity index (χ1) is 20.9. The Balaban J connectivity index is 1.38. The number of rotatable bonds is 11. The van der Waals surface area contributed by atoms with Crippen molar-refractivity contribution in [2.75, 3.05) is 11.5 Å². The normalized spacial score (nSPS) is 19.8. The van der Waals surface area contributed by atoms with Gasteiger partial charge >= 0.3 is 5.97 Å². The van der Waals surface area contributed by atoms with Crippen LogP contribution in [0.2, 0.25) is 4.34 Å². The van der Waals surface area contributed by atoms with Crippen molar-refractivity contribution >= 4 is 80.3 Å². The monoisotopic (exact) mass is 662 g/mol. The van der Waals surface area contributed by atoms with E-state index in [-0.39, 0.29) is 39.2 Å². The van der Waals surface area contributed by atoms with Crippen LogP contribution in [-0.2, 0) is 37.1 Å². The van der Waals surface area contributed by atoms with E-state index in [4.69, 9.17) is 33.0 Å². The summed E-state index contributed by atoms with van der Waals surface area (Å²) in [5.74, 6) is -4.25. The number of carboxylic acid groups (broad SMARTS) is 2. The number of carbonyl (C=O) groups is 4. The number of nitrogens with zero attached hydrogens (tertiary/aromatic N) is 5. The van der Waals surface area contributed by atoms with E-state index in [1.54, 1.807) is 0 Å². The Kier molecular flexibility index (Phi) is 8.83. The van der Waals surface area contributed by atoms with Crippen molar-refractivity contribution in [2.24, 2.45) is 10.9 Å². The highest BCUT2D eigenvalue weighted by molar-refractivity contribution is 8.00. The predicted molar refractivity (Wildman–Crippen MR) is 159 cm³/mol. The number of halogens is 1. The summed E-state index contributed by atoms with van der Waals surface area (Å²) in [5, 5.41) is 26.9. The van der Waals surface area contributed by atoms with Crippen LogP contribution >= 0.6 is 34.7 Å². The lowest BCUT2D eigenvalue weighted by molar-refractivity contribution is -0.663. The maximum absolute atomic E-state index is 13.3. The Morgan fingerprint density at radius 2 is 2.11 bits per heavy atom. The molecular formula is C26H27ClN8O7S2. The zero-order chi connectivity index (χ0) is 31.9. The molecule has 15 nitrogen and oxygen atoms in total. The zero-order valence-corrected chi connectivity index (χ0v) is 25.7. The number of nitrogens with two attached hydrogens (primary N) is 2. The van der Waals surface area contributed by atoms with Crippen molar-refractivity contribution in [1.29, 1.82) is 0 Å². The minimum absolute atomic E-state index is 0.0104. The Morgan fingerprint density at radius 1 is 1.36 bits per heavy atom. The number of anilines is 1. The SMILES string of the molecule is CC(N)Cn1ccc2c1ccc[n+]2CC1=C(C(=O)[O-])N2C(=O)[C@@H](NC(=O)/C(=N\O[C@@H](C)C(=O)O)c3nc(N)sc3Cl)[C@H]2SC1. The van der Waals surface area contributed by atoms with E-state index >= 15 is 0 Å². The standard InChI is InChI=1S/C26H27ClN8O7S2/c1-11(28)8-34-7-5-15-14(34)4-3-6-33(15)9-13-10-43-23-18(22(37)35(23)19(13)25(40)41)30-21(36)17(32-42-12(2)24(38)39)16-20(27)44-26(29)31-16/h3-7,11-12,18,23H,8-10,28H2,1-2H3,(H4-,29,30,31,36,38,39,40,41)/b32-17-/t11?,12-,18+,23+/m0/s1. The third-order valence-corrected chi connectivity index (χ3v) is 9.30. The number of aromatic nitrogens is 3. The summed E-state index contributed by atoms with van der Waals surface area (Å²) in [5.41, 5.74) is 13.0. The summed E-state index contributed by atoms with van der Waals surface area (Å²) in [6.45, 7) is 3.89. The molecule has 3 aromatic rings. The van der Waals surface area contributed by atoms with Gasteiger partial charge in [-0.2, -0.15) is 4.57 Å². The number of fused-ring (bicyclic) bond motifs is 2. The molecule has 2 aliphatic rings. The Labute approximate surface area is 263 Å². The number of hydrogen-bond donors (Lipinski definition) is 4. The van der Waals surface area contributed by atoms with E-state index in [1.165, 1.54) is 18.7 Å². The summed E-state index contributed by atoms with van der Waals surface area (Å²) < 4.78 is 3.89. The van der Waals surface area contributed by atoms with Gasteiger partial charge in [-0.3, -0.25) is 14.5 Å². The molecule has 18 heteroatoms. The number of oxime groups is 1. The summed E-state index contributed by atoms with van der Waals surface area (Å²) >= 11 is 8.28. The van der Waals surface area contributed by atoms with Crippen molar-refractivity contribution in [3.8, 4) is 0 Å². The molecule has 5 rings (SSSR count). The highest BCUT2D eigenvalue weighted by Crippen LogP contribution is 2.40. The summed E-state index contributed by atoms with van der Waals surface area (Å²) in [6, 6.07) is 4.50. The largest absolute Gasteiger partial charge is 0.543 e. The van der Waals surface area contributed by atoms with Gasteiger partial charge in [0, 0.05) is 42.2 Å². The molecule has 0 spiro atoms. The van der Waals surface area contributed by atoms with E-state index in [2.05, 4.69) is 15.5 Å². The second-order valence-electron chi connectivity index (χ2n) is 10.2. The number of aliphatic carboxylic acids is 2. The second-order valence-corrected chi connectivity index (χ2v) is 12.9. The molecule has 0 saturated carbocycles. The van der Waals surface area contributed by atoms with Crippen LogP contribution in [0.1, 0.15) is 19.5 Å². The van der Waals surface area contributed by atoms with Gasteiger partial charge in [-0.25, -0.2) is 9.78 Å². The lowest BCUT2D eigenvalue weighted by atomic mass is 10.0. The second kappa shape index (κ2) is 12.4. The predicted octanol–water partition coefficient (Wildman–Crippen LogP) is -0.734. The quantitative estimate of drug-likeness (QED) is 0.0867.